The van der Waals surface area contributed by atoms with E-state index in [0.29, 0.717) is 5.92 Å². The second-order valence-corrected chi connectivity index (χ2v) is 6.65. The molecule has 1 aliphatic heterocycles. The zero-order valence-corrected chi connectivity index (χ0v) is 12.6. The molecule has 108 valence electrons. The number of hydrogen-bond donors (Lipinski definition) is 0. The van der Waals surface area contributed by atoms with E-state index in [1.54, 1.807) is 6.26 Å². The van der Waals surface area contributed by atoms with E-state index in [1.807, 2.05) is 30.5 Å². The van der Waals surface area contributed by atoms with Crippen LogP contribution in [-0.4, -0.2) is 26.0 Å². The van der Waals surface area contributed by atoms with Crippen LogP contribution in [0.1, 0.15) is 12.8 Å². The van der Waals surface area contributed by atoms with E-state index in [9.17, 15) is 0 Å². The molecular weight excluding hydrogens is 282 g/mol. The Morgan fingerprint density at radius 3 is 2.95 bits per heavy atom. The maximum absolute atomic E-state index is 5.56. The number of fused-ring (bicyclic) bond motifs is 1. The van der Waals surface area contributed by atoms with Crippen LogP contribution in [0.25, 0.3) is 22.7 Å². The predicted octanol–water partition coefficient (Wildman–Crippen LogP) is 3.83. The zero-order chi connectivity index (χ0) is 14.1. The largest absolute Gasteiger partial charge is 0.461 e. The minimum absolute atomic E-state index is 0.708. The average molecular weight is 299 g/mol. The molecule has 0 amide bonds. The number of nitrogens with zero attached hydrogens (tertiary/aromatic N) is 3. The Balaban J connectivity index is 1.78. The van der Waals surface area contributed by atoms with E-state index in [0.717, 1.165) is 29.3 Å². The molecule has 4 nitrogen and oxygen atoms in total. The number of pyridine rings is 1. The molecule has 3 aromatic rings. The smallest absolute Gasteiger partial charge is 0.178 e. The fourth-order valence-corrected chi connectivity index (χ4v) is 4.12. The molecule has 1 saturated heterocycles. The summed E-state index contributed by atoms with van der Waals surface area (Å²) in [7, 11) is 0. The highest BCUT2D eigenvalue weighted by atomic mass is 32.2. The lowest BCUT2D eigenvalue weighted by atomic mass is 10.0. The van der Waals surface area contributed by atoms with Gasteiger partial charge in [0.25, 0.3) is 0 Å². The lowest BCUT2D eigenvalue weighted by Gasteiger charge is -2.22. The van der Waals surface area contributed by atoms with Crippen LogP contribution in [0.15, 0.2) is 41.1 Å². The molecule has 0 saturated carbocycles. The van der Waals surface area contributed by atoms with Crippen molar-refractivity contribution in [2.24, 2.45) is 5.92 Å². The summed E-state index contributed by atoms with van der Waals surface area (Å²) in [6.45, 7) is 0.976. The van der Waals surface area contributed by atoms with Crippen molar-refractivity contribution >= 4 is 22.9 Å². The number of thioether (sulfide) groups is 1. The molecule has 0 N–H and O–H groups in total. The highest BCUT2D eigenvalue weighted by molar-refractivity contribution is 7.99. The molecule has 0 spiro atoms. The van der Waals surface area contributed by atoms with Crippen LogP contribution >= 0.6 is 11.8 Å². The first-order valence-corrected chi connectivity index (χ1v) is 8.50. The van der Waals surface area contributed by atoms with E-state index in [4.69, 9.17) is 9.40 Å². The SMILES string of the molecule is c1coc(-c2nc3cccnc3n2CC2CCSCC2)c1. The van der Waals surface area contributed by atoms with Gasteiger partial charge in [-0.05, 0) is 54.5 Å². The monoisotopic (exact) mass is 299 g/mol. The van der Waals surface area contributed by atoms with Gasteiger partial charge in [0.15, 0.2) is 17.2 Å². The Bertz CT molecular complexity index is 729. The molecule has 5 heteroatoms. The van der Waals surface area contributed by atoms with Crippen molar-refractivity contribution in [3.05, 3.63) is 36.7 Å². The summed E-state index contributed by atoms with van der Waals surface area (Å²) in [6, 6.07) is 7.82. The van der Waals surface area contributed by atoms with E-state index in [2.05, 4.69) is 21.3 Å². The molecule has 0 atom stereocenters. The molecule has 3 aromatic heterocycles. The Morgan fingerprint density at radius 2 is 2.14 bits per heavy atom. The van der Waals surface area contributed by atoms with Gasteiger partial charge in [0, 0.05) is 12.7 Å². The summed E-state index contributed by atoms with van der Waals surface area (Å²) in [5, 5.41) is 0. The van der Waals surface area contributed by atoms with Gasteiger partial charge in [-0.25, -0.2) is 9.97 Å². The second-order valence-electron chi connectivity index (χ2n) is 5.43. The molecule has 0 aromatic carbocycles. The molecule has 0 aliphatic carbocycles. The Labute approximate surface area is 127 Å². The molecule has 1 fully saturated rings. The number of hydrogen-bond acceptors (Lipinski definition) is 4. The Hall–Kier alpha value is -1.75. The topological polar surface area (TPSA) is 43.9 Å². The van der Waals surface area contributed by atoms with E-state index < -0.39 is 0 Å². The molecule has 1 aliphatic rings. The molecule has 4 rings (SSSR count). The molecule has 0 bridgehead atoms. The highest BCUT2D eigenvalue weighted by Gasteiger charge is 2.20. The van der Waals surface area contributed by atoms with Crippen LogP contribution < -0.4 is 0 Å². The van der Waals surface area contributed by atoms with Crippen molar-refractivity contribution in [3.8, 4) is 11.6 Å². The van der Waals surface area contributed by atoms with E-state index in [-0.39, 0.29) is 0 Å². The minimum atomic E-state index is 0.708. The summed E-state index contributed by atoms with van der Waals surface area (Å²) in [5.41, 5.74) is 1.90. The highest BCUT2D eigenvalue weighted by Crippen LogP contribution is 2.29. The van der Waals surface area contributed by atoms with Gasteiger partial charge in [0.1, 0.15) is 5.52 Å². The van der Waals surface area contributed by atoms with Gasteiger partial charge >= 0.3 is 0 Å². The standard InChI is InChI=1S/C16H17N3OS/c1-3-13-15(17-7-1)19(11-12-5-9-21-10-6-12)16(18-13)14-4-2-8-20-14/h1-4,7-8,12H,5-6,9-11H2. The third kappa shape index (κ3) is 2.46. The van der Waals surface area contributed by atoms with Gasteiger partial charge in [-0.1, -0.05) is 0 Å². The van der Waals surface area contributed by atoms with Crippen molar-refractivity contribution in [3.63, 3.8) is 0 Å². The van der Waals surface area contributed by atoms with Crippen molar-refractivity contribution < 1.29 is 4.42 Å². The third-order valence-electron chi connectivity index (χ3n) is 4.03. The quantitative estimate of drug-likeness (QED) is 0.737. The minimum Gasteiger partial charge on any atom is -0.461 e. The second kappa shape index (κ2) is 5.56. The van der Waals surface area contributed by atoms with Gasteiger partial charge in [0.2, 0.25) is 0 Å². The molecule has 21 heavy (non-hydrogen) atoms. The van der Waals surface area contributed by atoms with Gasteiger partial charge in [0.05, 0.1) is 6.26 Å². The van der Waals surface area contributed by atoms with Crippen LogP contribution in [0.2, 0.25) is 0 Å². The number of furan rings is 1. The van der Waals surface area contributed by atoms with Gasteiger partial charge in [-0.2, -0.15) is 11.8 Å². The average Bonchev–Trinajstić information content (AvgIpc) is 3.16. The summed E-state index contributed by atoms with van der Waals surface area (Å²) < 4.78 is 7.79. The fraction of sp³-hybridized carbons (Fsp3) is 0.375. The van der Waals surface area contributed by atoms with E-state index >= 15 is 0 Å². The first-order chi connectivity index (χ1) is 10.4. The molecule has 0 unspecified atom stereocenters. The molecule has 4 heterocycles. The summed E-state index contributed by atoms with van der Waals surface area (Å²) >= 11 is 2.06. The lowest BCUT2D eigenvalue weighted by molar-refractivity contribution is 0.421. The summed E-state index contributed by atoms with van der Waals surface area (Å²) in [5.74, 6) is 4.95. The lowest BCUT2D eigenvalue weighted by Crippen LogP contribution is -2.17. The van der Waals surface area contributed by atoms with Gasteiger partial charge in [-0.3, -0.25) is 0 Å². The Kier molecular flexibility index (Phi) is 3.43. The molecule has 0 radical (unpaired) electrons. The van der Waals surface area contributed by atoms with Crippen LogP contribution in [0, 0.1) is 5.92 Å². The van der Waals surface area contributed by atoms with Crippen LogP contribution in [0.4, 0.5) is 0 Å². The van der Waals surface area contributed by atoms with Gasteiger partial charge in [-0.15, -0.1) is 0 Å². The van der Waals surface area contributed by atoms with Crippen molar-refractivity contribution in [2.75, 3.05) is 11.5 Å². The fourth-order valence-electron chi connectivity index (χ4n) is 2.91. The van der Waals surface area contributed by atoms with Crippen molar-refractivity contribution in [1.82, 2.24) is 14.5 Å². The van der Waals surface area contributed by atoms with E-state index in [1.165, 1.54) is 24.3 Å². The van der Waals surface area contributed by atoms with Crippen molar-refractivity contribution in [1.29, 1.82) is 0 Å². The third-order valence-corrected chi connectivity index (χ3v) is 5.08. The Morgan fingerprint density at radius 1 is 1.24 bits per heavy atom. The zero-order valence-electron chi connectivity index (χ0n) is 11.7. The van der Waals surface area contributed by atoms with Gasteiger partial charge < -0.3 is 8.98 Å². The number of rotatable bonds is 3. The first kappa shape index (κ1) is 13.0. The maximum atomic E-state index is 5.56. The first-order valence-electron chi connectivity index (χ1n) is 7.35. The van der Waals surface area contributed by atoms with Crippen molar-refractivity contribution in [2.45, 2.75) is 19.4 Å². The van der Waals surface area contributed by atoms with Crippen LogP contribution in [0.3, 0.4) is 0 Å². The van der Waals surface area contributed by atoms with Crippen LogP contribution in [0.5, 0.6) is 0 Å². The number of imidazole rings is 1. The maximum Gasteiger partial charge on any atom is 0.178 e. The number of aromatic nitrogens is 3. The summed E-state index contributed by atoms with van der Waals surface area (Å²) in [4.78, 5) is 9.25. The normalized spacial score (nSPS) is 16.6. The summed E-state index contributed by atoms with van der Waals surface area (Å²) in [6.07, 6.45) is 6.08. The predicted molar refractivity (Wildman–Crippen MR) is 85.3 cm³/mol. The van der Waals surface area contributed by atoms with Crippen LogP contribution in [-0.2, 0) is 6.54 Å². The molecular formula is C16H17N3OS.